The molecule has 0 bridgehead atoms. The highest BCUT2D eigenvalue weighted by atomic mass is 32.2. The molecule has 0 aromatic carbocycles. The third kappa shape index (κ3) is 4.39. The van der Waals surface area contributed by atoms with Crippen molar-refractivity contribution in [2.75, 3.05) is 23.4 Å². The number of fused-ring (bicyclic) bond motifs is 2. The summed E-state index contributed by atoms with van der Waals surface area (Å²) in [5.74, 6) is 0.0264. The molecule has 4 heterocycles. The Balaban J connectivity index is 0.000000207. The number of aldehydes is 1. The Hall–Kier alpha value is -3.12. The topological polar surface area (TPSA) is 136 Å². The first kappa shape index (κ1) is 23.2. The molecule has 10 nitrogen and oxygen atoms in total. The number of pyridine rings is 2. The van der Waals surface area contributed by atoms with Gasteiger partial charge in [0.1, 0.15) is 0 Å². The van der Waals surface area contributed by atoms with E-state index in [1.54, 1.807) is 24.3 Å². The van der Waals surface area contributed by atoms with E-state index in [0.717, 1.165) is 20.8 Å². The number of hydrogen-bond donors (Lipinski definition) is 0. The van der Waals surface area contributed by atoms with Crippen molar-refractivity contribution in [1.82, 2.24) is 13.9 Å². The van der Waals surface area contributed by atoms with Gasteiger partial charge in [0.05, 0.1) is 24.6 Å². The third-order valence-corrected chi connectivity index (χ3v) is 6.15. The van der Waals surface area contributed by atoms with E-state index >= 15 is 0 Å². The van der Waals surface area contributed by atoms with Crippen LogP contribution in [0.3, 0.4) is 0 Å². The van der Waals surface area contributed by atoms with Crippen molar-refractivity contribution in [3.8, 4) is 0 Å². The monoisotopic (exact) mass is 452 g/mol. The fraction of sp³-hybridized carbons (Fsp3) is 0.222. The van der Waals surface area contributed by atoms with Gasteiger partial charge in [-0.1, -0.05) is 7.43 Å². The molecule has 3 aromatic rings. The summed E-state index contributed by atoms with van der Waals surface area (Å²) in [7, 11) is -6.82. The molecule has 0 fully saturated rings. The number of anilines is 1. The summed E-state index contributed by atoms with van der Waals surface area (Å²) in [6, 6.07) is 6.51. The van der Waals surface area contributed by atoms with Gasteiger partial charge in [-0.05, 0) is 24.3 Å². The second kappa shape index (κ2) is 8.32. The molecule has 0 aliphatic carbocycles. The van der Waals surface area contributed by atoms with Crippen molar-refractivity contribution in [1.29, 1.82) is 0 Å². The molecule has 1 aliphatic rings. The summed E-state index contributed by atoms with van der Waals surface area (Å²) in [6.45, 7) is -0.134. The Bertz CT molecular complexity index is 1330. The highest BCUT2D eigenvalue weighted by Crippen LogP contribution is 2.26. The number of ketones is 1. The molecule has 0 unspecified atom stereocenters. The van der Waals surface area contributed by atoms with E-state index in [1.165, 1.54) is 18.6 Å². The molecular weight excluding hydrogens is 432 g/mol. The predicted octanol–water partition coefficient (Wildman–Crippen LogP) is 1.34. The number of nitrogens with zero attached hydrogens (tertiary/aromatic N) is 4. The molecule has 0 atom stereocenters. The SMILES string of the molecule is C.CS(=O)(=O)N1CC(=O)c2cccnc21.CS(=O)(=O)n1cc(C=O)c2cccnc21. The first-order valence-electron chi connectivity index (χ1n) is 8.11. The Morgan fingerprint density at radius 2 is 1.63 bits per heavy atom. The number of aromatic nitrogens is 3. The first-order valence-corrected chi connectivity index (χ1v) is 11.8. The van der Waals surface area contributed by atoms with Crippen molar-refractivity contribution in [2.45, 2.75) is 7.43 Å². The first-order chi connectivity index (χ1) is 13.5. The number of hydrogen-bond acceptors (Lipinski definition) is 8. The van der Waals surface area contributed by atoms with Gasteiger partial charge >= 0.3 is 0 Å². The normalized spacial score (nSPS) is 13.3. The van der Waals surface area contributed by atoms with Crippen LogP contribution in [0.1, 0.15) is 28.1 Å². The van der Waals surface area contributed by atoms with Gasteiger partial charge < -0.3 is 0 Å². The minimum atomic E-state index is -3.42. The standard InChI is InChI=1S/C9H8N2O3S.C8H8N2O3S.CH4/c1-15(13,14)11-5-7(6-12)8-3-2-4-10-9(8)11;1-14(12,13)10-5-7(11)6-3-2-4-9-8(6)10;/h2-6H,1H3;2-4H,5H2,1H3;1H4. The summed E-state index contributed by atoms with van der Waals surface area (Å²) in [5, 5.41) is 0.540. The van der Waals surface area contributed by atoms with Crippen molar-refractivity contribution in [3.05, 3.63) is 54.0 Å². The Labute approximate surface area is 174 Å². The lowest BCUT2D eigenvalue weighted by atomic mass is 10.2. The minimum Gasteiger partial charge on any atom is -0.298 e. The maximum Gasteiger partial charge on any atom is 0.237 e. The highest BCUT2D eigenvalue weighted by molar-refractivity contribution is 7.92. The van der Waals surface area contributed by atoms with Gasteiger partial charge in [-0.3, -0.25) is 9.59 Å². The molecular formula is C18H20N4O6S2. The lowest BCUT2D eigenvalue weighted by Gasteiger charge is -2.13. The third-order valence-electron chi connectivity index (χ3n) is 4.06. The second-order valence-corrected chi connectivity index (χ2v) is 9.97. The number of sulfonamides is 1. The quantitative estimate of drug-likeness (QED) is 0.543. The molecule has 0 saturated heterocycles. The Morgan fingerprint density at radius 3 is 2.23 bits per heavy atom. The van der Waals surface area contributed by atoms with E-state index < -0.39 is 20.0 Å². The lowest BCUT2D eigenvalue weighted by Crippen LogP contribution is -2.29. The number of carbonyl (C=O) groups is 2. The summed E-state index contributed by atoms with van der Waals surface area (Å²) in [6.07, 6.45) is 6.97. The zero-order valence-electron chi connectivity index (χ0n) is 15.4. The summed E-state index contributed by atoms with van der Waals surface area (Å²) in [5.41, 5.74) is 0.976. The number of Topliss-reactive ketones (excluding diaryl/α,β-unsaturated/α-hetero) is 1. The van der Waals surface area contributed by atoms with Gasteiger partial charge in [0.25, 0.3) is 0 Å². The van der Waals surface area contributed by atoms with Crippen LogP contribution in [0, 0.1) is 0 Å². The Morgan fingerprint density at radius 1 is 1.00 bits per heavy atom. The second-order valence-electron chi connectivity index (χ2n) is 6.20. The molecule has 1 aliphatic heterocycles. The molecule has 0 amide bonds. The molecule has 0 radical (unpaired) electrons. The van der Waals surface area contributed by atoms with Crippen molar-refractivity contribution in [2.24, 2.45) is 0 Å². The Kier molecular flexibility index (Phi) is 6.42. The van der Waals surface area contributed by atoms with Crippen LogP contribution in [0.4, 0.5) is 5.82 Å². The van der Waals surface area contributed by atoms with Crippen LogP contribution in [0.15, 0.2) is 42.9 Å². The fourth-order valence-corrected chi connectivity index (χ4v) is 4.36. The van der Waals surface area contributed by atoms with E-state index in [4.69, 9.17) is 0 Å². The molecule has 0 saturated carbocycles. The van der Waals surface area contributed by atoms with E-state index in [9.17, 15) is 26.4 Å². The van der Waals surface area contributed by atoms with Crippen LogP contribution in [0.2, 0.25) is 0 Å². The zero-order valence-corrected chi connectivity index (χ0v) is 17.0. The molecule has 3 aromatic heterocycles. The predicted molar refractivity (Wildman–Crippen MR) is 113 cm³/mol. The lowest BCUT2D eigenvalue weighted by molar-refractivity contribution is 0.101. The molecule has 12 heteroatoms. The maximum absolute atomic E-state index is 11.4. The average Bonchev–Trinajstić information content (AvgIpc) is 3.20. The summed E-state index contributed by atoms with van der Waals surface area (Å²) < 4.78 is 47.3. The van der Waals surface area contributed by atoms with Gasteiger partial charge in [0.15, 0.2) is 23.5 Å². The van der Waals surface area contributed by atoms with Crippen LogP contribution >= 0.6 is 0 Å². The molecule has 30 heavy (non-hydrogen) atoms. The van der Waals surface area contributed by atoms with Gasteiger partial charge in [-0.25, -0.2) is 35.1 Å². The smallest absolute Gasteiger partial charge is 0.237 e. The summed E-state index contributed by atoms with van der Waals surface area (Å²) in [4.78, 5) is 29.9. The van der Waals surface area contributed by atoms with E-state index in [1.807, 2.05) is 0 Å². The number of carbonyl (C=O) groups excluding carboxylic acids is 2. The average molecular weight is 453 g/mol. The van der Waals surface area contributed by atoms with Gasteiger partial charge in [-0.15, -0.1) is 0 Å². The minimum absolute atomic E-state index is 0. The van der Waals surface area contributed by atoms with E-state index in [2.05, 4.69) is 9.97 Å². The largest absolute Gasteiger partial charge is 0.298 e. The zero-order chi connectivity index (χ0) is 21.4. The van der Waals surface area contributed by atoms with Crippen molar-refractivity contribution < 1.29 is 26.4 Å². The highest BCUT2D eigenvalue weighted by Gasteiger charge is 2.33. The van der Waals surface area contributed by atoms with Crippen LogP contribution in [0.5, 0.6) is 0 Å². The molecule has 0 N–H and O–H groups in total. The van der Waals surface area contributed by atoms with Crippen LogP contribution < -0.4 is 4.31 Å². The van der Waals surface area contributed by atoms with Crippen molar-refractivity contribution in [3.63, 3.8) is 0 Å². The maximum atomic E-state index is 11.4. The van der Waals surface area contributed by atoms with Gasteiger partial charge in [0.2, 0.25) is 20.0 Å². The van der Waals surface area contributed by atoms with E-state index in [-0.39, 0.29) is 31.2 Å². The van der Waals surface area contributed by atoms with Crippen molar-refractivity contribution >= 4 is 49.0 Å². The van der Waals surface area contributed by atoms with Crippen LogP contribution in [0.25, 0.3) is 11.0 Å². The molecule has 160 valence electrons. The summed E-state index contributed by atoms with van der Waals surface area (Å²) >= 11 is 0. The van der Waals surface area contributed by atoms with E-state index in [0.29, 0.717) is 22.8 Å². The fourth-order valence-electron chi connectivity index (χ4n) is 2.78. The number of rotatable bonds is 3. The molecule has 0 spiro atoms. The van der Waals surface area contributed by atoms with Gasteiger partial charge in [0, 0.05) is 29.5 Å². The van der Waals surface area contributed by atoms with Gasteiger partial charge in [-0.2, -0.15) is 0 Å². The van der Waals surface area contributed by atoms with Crippen LogP contribution in [-0.2, 0) is 20.0 Å². The molecule has 4 rings (SSSR count). The van der Waals surface area contributed by atoms with Crippen LogP contribution in [-0.4, -0.2) is 61.9 Å².